The molecule has 0 saturated carbocycles. The molecule has 2 rings (SSSR count). The Morgan fingerprint density at radius 3 is 2.59 bits per heavy atom. The summed E-state index contributed by atoms with van der Waals surface area (Å²) in [6, 6.07) is 13.5. The van der Waals surface area contributed by atoms with Crippen LogP contribution in [0.4, 0.5) is 5.69 Å². The van der Waals surface area contributed by atoms with E-state index in [0.717, 1.165) is 21.9 Å². The van der Waals surface area contributed by atoms with E-state index in [2.05, 4.69) is 0 Å². The maximum absolute atomic E-state index is 6.12. The molecule has 0 heterocycles. The van der Waals surface area contributed by atoms with Crippen molar-refractivity contribution in [3.05, 3.63) is 58.1 Å². The van der Waals surface area contributed by atoms with Crippen LogP contribution in [0.5, 0.6) is 0 Å². The number of hydrogen-bond donors (Lipinski definition) is 1. The summed E-state index contributed by atoms with van der Waals surface area (Å²) in [6.45, 7) is 0. The maximum Gasteiger partial charge on any atom is 0.0632 e. The predicted molar refractivity (Wildman–Crippen MR) is 76.9 cm³/mol. The number of benzene rings is 2. The molecule has 0 aromatic heterocycles. The van der Waals surface area contributed by atoms with Crippen molar-refractivity contribution < 1.29 is 0 Å². The lowest BCUT2D eigenvalue weighted by Crippen LogP contribution is -1.86. The Morgan fingerprint density at radius 1 is 1.06 bits per heavy atom. The topological polar surface area (TPSA) is 26.0 Å². The van der Waals surface area contributed by atoms with Crippen LogP contribution in [-0.2, 0) is 5.75 Å². The third-order valence-corrected chi connectivity index (χ3v) is 4.18. The van der Waals surface area contributed by atoms with Crippen molar-refractivity contribution in [2.75, 3.05) is 5.73 Å². The van der Waals surface area contributed by atoms with E-state index < -0.39 is 0 Å². The lowest BCUT2D eigenvalue weighted by atomic mass is 10.2. The summed E-state index contributed by atoms with van der Waals surface area (Å²) in [5, 5.41) is 1.22. The van der Waals surface area contributed by atoms with Crippen LogP contribution in [0.15, 0.2) is 47.4 Å². The van der Waals surface area contributed by atoms with Crippen LogP contribution in [0, 0.1) is 0 Å². The Morgan fingerprint density at radius 2 is 1.82 bits per heavy atom. The summed E-state index contributed by atoms with van der Waals surface area (Å²) in [5.41, 5.74) is 7.53. The molecule has 2 aromatic carbocycles. The molecule has 0 aliphatic rings. The zero-order valence-electron chi connectivity index (χ0n) is 8.99. The van der Waals surface area contributed by atoms with Crippen LogP contribution in [-0.4, -0.2) is 0 Å². The van der Waals surface area contributed by atoms with Gasteiger partial charge in [0.1, 0.15) is 0 Å². The molecule has 0 atom stereocenters. The largest absolute Gasteiger partial charge is 0.399 e. The lowest BCUT2D eigenvalue weighted by Gasteiger charge is -2.06. The molecular formula is C13H11Cl2NS. The Hall–Kier alpha value is -0.830. The van der Waals surface area contributed by atoms with Gasteiger partial charge in [0.2, 0.25) is 0 Å². The third kappa shape index (κ3) is 3.32. The zero-order chi connectivity index (χ0) is 12.3. The Bertz CT molecular complexity index is 529. The zero-order valence-corrected chi connectivity index (χ0v) is 11.3. The average Bonchev–Trinajstić information content (AvgIpc) is 2.31. The van der Waals surface area contributed by atoms with Crippen LogP contribution in [0.3, 0.4) is 0 Å². The number of halogens is 2. The number of nitrogen functional groups attached to an aromatic ring is 1. The van der Waals surface area contributed by atoms with Gasteiger partial charge in [-0.25, -0.2) is 0 Å². The molecule has 0 aliphatic heterocycles. The van der Waals surface area contributed by atoms with E-state index in [9.17, 15) is 0 Å². The van der Waals surface area contributed by atoms with Gasteiger partial charge in [-0.3, -0.25) is 0 Å². The molecule has 2 N–H and O–H groups in total. The van der Waals surface area contributed by atoms with Crippen molar-refractivity contribution >= 4 is 40.7 Å². The third-order valence-electron chi connectivity index (χ3n) is 2.28. The molecule has 0 aliphatic carbocycles. The molecule has 0 unspecified atom stereocenters. The molecule has 1 nitrogen and oxygen atoms in total. The van der Waals surface area contributed by atoms with E-state index >= 15 is 0 Å². The van der Waals surface area contributed by atoms with Crippen LogP contribution in [0.2, 0.25) is 10.0 Å². The standard InChI is InChI=1S/C13H11Cl2NS/c14-12-6-1-3-9(13(12)15)8-17-11-5-2-4-10(16)7-11/h1-7H,8,16H2. The highest BCUT2D eigenvalue weighted by atomic mass is 35.5. The van der Waals surface area contributed by atoms with Gasteiger partial charge in [0.05, 0.1) is 10.0 Å². The fourth-order valence-corrected chi connectivity index (χ4v) is 2.85. The fraction of sp³-hybridized carbons (Fsp3) is 0.0769. The Balaban J connectivity index is 2.10. The van der Waals surface area contributed by atoms with Crippen LogP contribution >= 0.6 is 35.0 Å². The first-order valence-corrected chi connectivity index (χ1v) is 6.82. The molecule has 88 valence electrons. The van der Waals surface area contributed by atoms with Gasteiger partial charge in [-0.05, 0) is 29.8 Å². The molecule has 17 heavy (non-hydrogen) atoms. The first-order valence-electron chi connectivity index (χ1n) is 5.08. The van der Waals surface area contributed by atoms with Gasteiger partial charge in [0.25, 0.3) is 0 Å². The second kappa shape index (κ2) is 5.67. The number of anilines is 1. The SMILES string of the molecule is Nc1cccc(SCc2cccc(Cl)c2Cl)c1. The van der Waals surface area contributed by atoms with E-state index in [0.29, 0.717) is 10.0 Å². The second-order valence-electron chi connectivity index (χ2n) is 3.57. The molecule has 0 spiro atoms. The summed E-state index contributed by atoms with van der Waals surface area (Å²) in [5.74, 6) is 0.781. The van der Waals surface area contributed by atoms with Gasteiger partial charge in [-0.2, -0.15) is 0 Å². The van der Waals surface area contributed by atoms with E-state index in [4.69, 9.17) is 28.9 Å². The van der Waals surface area contributed by atoms with Crippen molar-refractivity contribution in [2.45, 2.75) is 10.6 Å². The van der Waals surface area contributed by atoms with Crippen molar-refractivity contribution in [3.8, 4) is 0 Å². The summed E-state index contributed by atoms with van der Waals surface area (Å²) >= 11 is 13.8. The molecule has 0 saturated heterocycles. The van der Waals surface area contributed by atoms with Crippen LogP contribution < -0.4 is 5.73 Å². The summed E-state index contributed by atoms with van der Waals surface area (Å²) in [7, 11) is 0. The summed E-state index contributed by atoms with van der Waals surface area (Å²) < 4.78 is 0. The Labute approximate surface area is 115 Å². The van der Waals surface area contributed by atoms with E-state index in [-0.39, 0.29) is 0 Å². The molecule has 0 bridgehead atoms. The van der Waals surface area contributed by atoms with Crippen LogP contribution in [0.25, 0.3) is 0 Å². The lowest BCUT2D eigenvalue weighted by molar-refractivity contribution is 1.38. The van der Waals surface area contributed by atoms with E-state index in [1.807, 2.05) is 36.4 Å². The van der Waals surface area contributed by atoms with Gasteiger partial charge in [-0.1, -0.05) is 41.4 Å². The fourth-order valence-electron chi connectivity index (χ4n) is 1.43. The second-order valence-corrected chi connectivity index (χ2v) is 5.41. The van der Waals surface area contributed by atoms with Crippen molar-refractivity contribution in [1.29, 1.82) is 0 Å². The minimum absolute atomic E-state index is 0.595. The number of rotatable bonds is 3. The van der Waals surface area contributed by atoms with Gasteiger partial charge >= 0.3 is 0 Å². The molecule has 2 aromatic rings. The number of hydrogen-bond acceptors (Lipinski definition) is 2. The van der Waals surface area contributed by atoms with Gasteiger partial charge in [0.15, 0.2) is 0 Å². The molecule has 0 radical (unpaired) electrons. The normalized spacial score (nSPS) is 10.5. The van der Waals surface area contributed by atoms with Crippen molar-refractivity contribution in [1.82, 2.24) is 0 Å². The molecule has 0 fully saturated rings. The van der Waals surface area contributed by atoms with E-state index in [1.165, 1.54) is 0 Å². The molecule has 0 amide bonds. The molecular weight excluding hydrogens is 273 g/mol. The van der Waals surface area contributed by atoms with E-state index in [1.54, 1.807) is 17.8 Å². The summed E-state index contributed by atoms with van der Waals surface area (Å²) in [6.07, 6.45) is 0. The first-order chi connectivity index (χ1) is 8.16. The first kappa shape index (κ1) is 12.6. The average molecular weight is 284 g/mol. The van der Waals surface area contributed by atoms with Gasteiger partial charge in [-0.15, -0.1) is 11.8 Å². The summed E-state index contributed by atoms with van der Waals surface area (Å²) in [4.78, 5) is 1.13. The predicted octanol–water partition coefficient (Wildman–Crippen LogP) is 4.87. The van der Waals surface area contributed by atoms with Crippen molar-refractivity contribution in [3.63, 3.8) is 0 Å². The monoisotopic (exact) mass is 283 g/mol. The Kier molecular flexibility index (Phi) is 4.21. The quantitative estimate of drug-likeness (QED) is 0.643. The van der Waals surface area contributed by atoms with Gasteiger partial charge in [0, 0.05) is 16.3 Å². The smallest absolute Gasteiger partial charge is 0.0632 e. The van der Waals surface area contributed by atoms with Gasteiger partial charge < -0.3 is 5.73 Å². The number of thioether (sulfide) groups is 1. The highest BCUT2D eigenvalue weighted by molar-refractivity contribution is 7.98. The maximum atomic E-state index is 6.12. The number of nitrogens with two attached hydrogens (primary N) is 1. The van der Waals surface area contributed by atoms with Crippen molar-refractivity contribution in [2.24, 2.45) is 0 Å². The van der Waals surface area contributed by atoms with Crippen LogP contribution in [0.1, 0.15) is 5.56 Å². The highest BCUT2D eigenvalue weighted by Gasteiger charge is 2.04. The minimum atomic E-state index is 0.595. The minimum Gasteiger partial charge on any atom is -0.399 e. The highest BCUT2D eigenvalue weighted by Crippen LogP contribution is 2.31. The molecule has 4 heteroatoms.